The number of aromatic carboxylic acids is 2. The summed E-state index contributed by atoms with van der Waals surface area (Å²) in [5.41, 5.74) is 2.95. The molecule has 0 saturated heterocycles. The molecule has 4 aliphatic rings. The molecule has 6 N–H and O–H groups in total. The van der Waals surface area contributed by atoms with E-state index in [-0.39, 0.29) is 56.8 Å². The van der Waals surface area contributed by atoms with Crippen LogP contribution >= 0.6 is 23.2 Å². The number of ether oxygens (including phenoxy) is 2. The van der Waals surface area contributed by atoms with Crippen molar-refractivity contribution < 1.29 is 49.4 Å². The van der Waals surface area contributed by atoms with Gasteiger partial charge < -0.3 is 39.8 Å². The minimum Gasteiger partial charge on any atom is -0.486 e. The number of benzene rings is 4. The Morgan fingerprint density at radius 3 is 1.77 bits per heavy atom. The van der Waals surface area contributed by atoms with Crippen molar-refractivity contribution in [3.8, 4) is 11.5 Å². The highest BCUT2D eigenvalue weighted by Gasteiger charge is 2.60. The molecule has 8 rings (SSSR count). The van der Waals surface area contributed by atoms with E-state index in [4.69, 9.17) is 32.7 Å². The van der Waals surface area contributed by atoms with Crippen LogP contribution in [0.2, 0.25) is 10.0 Å². The number of carboxylic acids is 2. The third kappa shape index (κ3) is 11.8. The predicted octanol–water partition coefficient (Wildman–Crippen LogP) is 11.9. The lowest BCUT2D eigenvalue weighted by atomic mass is 9.44. The molecule has 0 aliphatic heterocycles. The molecule has 0 heterocycles. The number of fused-ring (bicyclic) bond motifs is 5. The van der Waals surface area contributed by atoms with Gasteiger partial charge in [0.1, 0.15) is 24.3 Å². The van der Waals surface area contributed by atoms with Crippen molar-refractivity contribution in [2.24, 2.45) is 58.2 Å². The first-order valence-corrected chi connectivity index (χ1v) is 27.5. The molecule has 390 valence electrons. The number of hydrogen-bond acceptors (Lipinski definition) is 8. The largest absolute Gasteiger partial charge is 0.488 e. The Labute approximate surface area is 442 Å². The summed E-state index contributed by atoms with van der Waals surface area (Å²) in [5, 5.41) is 61.0. The van der Waals surface area contributed by atoms with Gasteiger partial charge in [-0.15, -0.1) is 0 Å². The number of halogens is 2. The van der Waals surface area contributed by atoms with Crippen LogP contribution in [0.25, 0.3) is 5.57 Å². The fourth-order valence-electron chi connectivity index (χ4n) is 14.7. The summed E-state index contributed by atoms with van der Waals surface area (Å²) in [6.07, 6.45) is 19.3. The van der Waals surface area contributed by atoms with Crippen LogP contribution in [-0.4, -0.2) is 56.5 Å². The summed E-state index contributed by atoms with van der Waals surface area (Å²) in [7, 11) is -3.54. The lowest BCUT2D eigenvalue weighted by molar-refractivity contribution is -0.121. The van der Waals surface area contributed by atoms with Crippen LogP contribution in [0.3, 0.4) is 0 Å². The normalized spacial score (nSPS) is 25.8. The van der Waals surface area contributed by atoms with Crippen LogP contribution < -0.4 is 20.4 Å². The summed E-state index contributed by atoms with van der Waals surface area (Å²) < 4.78 is 12.0. The van der Waals surface area contributed by atoms with Gasteiger partial charge in [-0.05, 0) is 192 Å². The van der Waals surface area contributed by atoms with Gasteiger partial charge >= 0.3 is 26.2 Å². The summed E-state index contributed by atoms with van der Waals surface area (Å²) in [6, 6.07) is 19.2. The van der Waals surface area contributed by atoms with Gasteiger partial charge in [0.25, 0.3) is 0 Å². The molecule has 0 spiro atoms. The smallest absolute Gasteiger partial charge is 0.486 e. The second-order valence-electron chi connectivity index (χ2n) is 23.0. The first-order chi connectivity index (χ1) is 34.8. The van der Waals surface area contributed by atoms with Gasteiger partial charge in [0.05, 0.1) is 10.0 Å². The highest BCUT2D eigenvalue weighted by Crippen LogP contribution is 2.69. The molecule has 0 radical (unpaired) electrons. The highest BCUT2D eigenvalue weighted by atomic mass is 35.5. The average Bonchev–Trinajstić information content (AvgIpc) is 3.71. The van der Waals surface area contributed by atoms with Gasteiger partial charge in [-0.25, -0.2) is 9.59 Å². The van der Waals surface area contributed by atoms with E-state index < -0.39 is 26.2 Å². The Balaban J connectivity index is 1.05. The molecule has 0 amide bonds. The number of rotatable bonds is 20. The van der Waals surface area contributed by atoms with E-state index >= 15 is 0 Å². The molecular formula is C59H74B2Cl2O10. The fourth-order valence-corrected chi connectivity index (χ4v) is 15.3. The quantitative estimate of drug-likeness (QED) is 0.0468. The topological polar surface area (TPSA) is 174 Å². The van der Waals surface area contributed by atoms with Crippen LogP contribution in [0.5, 0.6) is 11.5 Å². The van der Waals surface area contributed by atoms with E-state index in [2.05, 4.69) is 34.6 Å². The summed E-state index contributed by atoms with van der Waals surface area (Å²) in [4.78, 5) is 26.0. The lowest BCUT2D eigenvalue weighted by Gasteiger charge is -2.61. The van der Waals surface area contributed by atoms with Crippen molar-refractivity contribution in [2.75, 3.05) is 0 Å². The van der Waals surface area contributed by atoms with Crippen molar-refractivity contribution in [2.45, 2.75) is 138 Å². The molecular weight excluding hydrogens is 961 g/mol. The molecule has 2 unspecified atom stereocenters. The van der Waals surface area contributed by atoms with E-state index in [1.807, 2.05) is 6.08 Å². The molecule has 4 aliphatic carbocycles. The monoisotopic (exact) mass is 1030 g/mol. The highest BCUT2D eigenvalue weighted by molar-refractivity contribution is 6.59. The molecule has 4 aromatic rings. The van der Waals surface area contributed by atoms with Crippen LogP contribution in [0.15, 0.2) is 78.9 Å². The number of carbonyl (C=O) groups is 2. The number of hydrogen-bond donors (Lipinski definition) is 6. The average molecular weight is 1040 g/mol. The van der Waals surface area contributed by atoms with E-state index in [1.165, 1.54) is 94.9 Å². The van der Waals surface area contributed by atoms with Crippen LogP contribution in [0, 0.1) is 58.2 Å². The van der Waals surface area contributed by atoms with Gasteiger partial charge in [-0.3, -0.25) is 0 Å². The van der Waals surface area contributed by atoms with Crippen molar-refractivity contribution >= 4 is 65.9 Å². The van der Waals surface area contributed by atoms with Crippen LogP contribution in [-0.2, 0) is 13.2 Å². The lowest BCUT2D eigenvalue weighted by Crippen LogP contribution is -2.53. The van der Waals surface area contributed by atoms with Crippen molar-refractivity contribution in [3.63, 3.8) is 0 Å². The summed E-state index contributed by atoms with van der Waals surface area (Å²) in [6.45, 7) is 12.2. The first kappa shape index (κ1) is 55.0. The minimum absolute atomic E-state index is 0.00783. The van der Waals surface area contributed by atoms with Crippen LogP contribution in [0.1, 0.15) is 167 Å². The third-order valence-corrected chi connectivity index (χ3v) is 19.0. The maximum atomic E-state index is 13.0. The zero-order chi connectivity index (χ0) is 52.4. The first-order valence-electron chi connectivity index (χ1n) is 26.8. The van der Waals surface area contributed by atoms with Gasteiger partial charge in [-0.1, -0.05) is 132 Å². The Morgan fingerprint density at radius 2 is 1.23 bits per heavy atom. The minimum atomic E-state index is -1.77. The van der Waals surface area contributed by atoms with E-state index in [1.54, 1.807) is 48.5 Å². The Bertz CT molecular complexity index is 2530. The molecule has 10 nitrogen and oxygen atoms in total. The second kappa shape index (κ2) is 23.3. The van der Waals surface area contributed by atoms with Crippen molar-refractivity contribution in [3.05, 3.63) is 122 Å². The number of carboxylic acid groups (broad SMARTS) is 2. The summed E-state index contributed by atoms with van der Waals surface area (Å²) in [5.74, 6) is 3.17. The molecule has 4 aromatic carbocycles. The maximum absolute atomic E-state index is 13.0. The van der Waals surface area contributed by atoms with Crippen molar-refractivity contribution in [1.29, 1.82) is 0 Å². The zero-order valence-corrected chi connectivity index (χ0v) is 44.7. The van der Waals surface area contributed by atoms with Gasteiger partial charge in [0, 0.05) is 0 Å². The molecule has 9 atom stereocenters. The molecule has 4 fully saturated rings. The SMILES string of the molecule is CC(C)CCCC(C)[C@H]1CC[C@H]2[C@@H]3CCC4C[C@@H](CCC=C(c5cc(Cl)c(OCc6ccccc6B(O)O)c(C(=O)O)c5)c5cc(Cl)c(OCc6ccccc6B(O)O)c(C(=O)O)c5)CC[C@]4(C)[C@H]3CC[C@]12C. The zero-order valence-electron chi connectivity index (χ0n) is 43.2. The Kier molecular flexibility index (Phi) is 17.5. The van der Waals surface area contributed by atoms with Gasteiger partial charge in [0.15, 0.2) is 11.5 Å². The molecule has 4 saturated carbocycles. The van der Waals surface area contributed by atoms with Crippen molar-refractivity contribution in [1.82, 2.24) is 0 Å². The Hall–Kier alpha value is -4.29. The van der Waals surface area contributed by atoms with Gasteiger partial charge in [0.2, 0.25) is 0 Å². The third-order valence-electron chi connectivity index (χ3n) is 18.5. The van der Waals surface area contributed by atoms with Gasteiger partial charge in [-0.2, -0.15) is 0 Å². The number of allylic oxidation sites excluding steroid dienone is 1. The van der Waals surface area contributed by atoms with E-state index in [0.29, 0.717) is 56.9 Å². The van der Waals surface area contributed by atoms with E-state index in [9.17, 15) is 39.9 Å². The molecule has 14 heteroatoms. The molecule has 73 heavy (non-hydrogen) atoms. The summed E-state index contributed by atoms with van der Waals surface area (Å²) >= 11 is 13.9. The Morgan fingerprint density at radius 1 is 0.699 bits per heavy atom. The molecule has 0 aromatic heterocycles. The fraction of sp³-hybridized carbons (Fsp3) is 0.525. The van der Waals surface area contributed by atoms with E-state index in [0.717, 1.165) is 48.3 Å². The van der Waals surface area contributed by atoms with Crippen LogP contribution in [0.4, 0.5) is 0 Å². The predicted molar refractivity (Wildman–Crippen MR) is 291 cm³/mol. The molecule has 0 bridgehead atoms. The second-order valence-corrected chi connectivity index (χ2v) is 23.8. The standard InChI is InChI=1S/C59H74B2Cl2O10/c1-35(2)12-10-13-36(3)47-22-23-48-44-21-20-42-28-37(24-26-58(42,4)49(44)25-27-59(47,48)5)14-11-17-43(40-29-45(56(64)65)54(52(62)31-40)72-33-38-15-6-8-18-50(38)60(68)69)41-30-46(57(66)67)55(53(63)32-41)73-34-39-16-7-9-19-51(39)61(70)71/h6-9,15-19,29-32,35-37,42,44,47-49,68-71H,10-14,20-28,33-34H2,1-5H3,(H,64,65)(H,66,67)/t36?,37-,42?,44-,47+,48-,49-,58-,59+/m0/s1. The maximum Gasteiger partial charge on any atom is 0.488 e.